The summed E-state index contributed by atoms with van der Waals surface area (Å²) in [6.45, 7) is 4.04. The Labute approximate surface area is 165 Å². The number of nitrogens with zero attached hydrogens (tertiary/aromatic N) is 2. The van der Waals surface area contributed by atoms with Crippen molar-refractivity contribution in [1.82, 2.24) is 15.1 Å². The van der Waals surface area contributed by atoms with Crippen LogP contribution in [0.4, 0.5) is 8.78 Å². The molecule has 1 aromatic carbocycles. The smallest absolute Gasteiger partial charge is 0.387 e. The van der Waals surface area contributed by atoms with E-state index in [9.17, 15) is 13.6 Å². The van der Waals surface area contributed by atoms with E-state index in [1.54, 1.807) is 6.92 Å². The summed E-state index contributed by atoms with van der Waals surface area (Å²) in [7, 11) is 0. The maximum absolute atomic E-state index is 12.4. The Morgan fingerprint density at radius 2 is 2.07 bits per heavy atom. The number of carbonyl (C=O) groups is 1. The molecule has 27 heavy (non-hydrogen) atoms. The van der Waals surface area contributed by atoms with Crippen molar-refractivity contribution in [3.05, 3.63) is 39.6 Å². The Bertz CT molecular complexity index is 796. The highest BCUT2D eigenvalue weighted by atomic mass is 79.9. The number of ether oxygens (including phenoxy) is 2. The molecule has 2 aromatic rings. The average Bonchev–Trinajstić information content (AvgIpc) is 2.86. The van der Waals surface area contributed by atoms with Gasteiger partial charge in [0.2, 0.25) is 0 Å². The fourth-order valence-electron chi connectivity index (χ4n) is 2.54. The van der Waals surface area contributed by atoms with Gasteiger partial charge in [-0.1, -0.05) is 0 Å². The molecule has 1 heterocycles. The van der Waals surface area contributed by atoms with E-state index in [-0.39, 0.29) is 24.0 Å². The van der Waals surface area contributed by atoms with Gasteiger partial charge in [-0.05, 0) is 61.3 Å². The molecule has 0 saturated carbocycles. The lowest BCUT2D eigenvalue weighted by molar-refractivity contribution is -0.0514. The van der Waals surface area contributed by atoms with Crippen LogP contribution in [0.2, 0.25) is 0 Å². The van der Waals surface area contributed by atoms with Crippen molar-refractivity contribution in [1.29, 1.82) is 0 Å². The number of benzene rings is 1. The molecule has 0 aliphatic carbocycles. The Balaban J connectivity index is 1.93. The molecule has 6 nitrogen and oxygen atoms in total. The highest BCUT2D eigenvalue weighted by molar-refractivity contribution is 9.10. The monoisotopic (exact) mass is 445 g/mol. The summed E-state index contributed by atoms with van der Waals surface area (Å²) in [5.74, 6) is -0.300. The van der Waals surface area contributed by atoms with Crippen molar-refractivity contribution in [3.8, 4) is 11.5 Å². The number of alkyl halides is 2. The molecule has 0 radical (unpaired) electrons. The average molecular weight is 446 g/mol. The minimum atomic E-state index is -2.96. The molecule has 1 aromatic heterocycles. The van der Waals surface area contributed by atoms with E-state index in [1.807, 2.05) is 18.5 Å². The molecular formula is C18H22BrF2N3O3. The Morgan fingerprint density at radius 3 is 2.67 bits per heavy atom. The summed E-state index contributed by atoms with van der Waals surface area (Å²) in [6.07, 6.45) is 0.699. The van der Waals surface area contributed by atoms with Gasteiger partial charge in [-0.25, -0.2) is 0 Å². The highest BCUT2D eigenvalue weighted by Crippen LogP contribution is 2.29. The number of nitrogens with one attached hydrogen (secondary N) is 1. The molecule has 0 bridgehead atoms. The molecule has 0 spiro atoms. The zero-order valence-corrected chi connectivity index (χ0v) is 17.0. The van der Waals surface area contributed by atoms with Crippen LogP contribution in [-0.4, -0.2) is 35.5 Å². The standard InChI is InChI=1S/C18H22BrF2N3O3/c1-4-26-15-10-13(6-7-14(15)27-18(20)21)17(25)22-8-5-9-24-12(3)16(19)11(2)23-24/h6-7,10,18H,4-5,8-9H2,1-3H3,(H,22,25). The van der Waals surface area contributed by atoms with Gasteiger partial charge in [-0.15, -0.1) is 0 Å². The largest absolute Gasteiger partial charge is 0.490 e. The third kappa shape index (κ3) is 5.66. The number of aromatic nitrogens is 2. The lowest BCUT2D eigenvalue weighted by Gasteiger charge is -2.13. The van der Waals surface area contributed by atoms with Crippen LogP contribution < -0.4 is 14.8 Å². The van der Waals surface area contributed by atoms with Gasteiger partial charge in [-0.3, -0.25) is 9.48 Å². The van der Waals surface area contributed by atoms with Crippen LogP contribution in [0.15, 0.2) is 22.7 Å². The number of amides is 1. The lowest BCUT2D eigenvalue weighted by atomic mass is 10.2. The predicted octanol–water partition coefficient (Wildman–Crippen LogP) is 4.08. The lowest BCUT2D eigenvalue weighted by Crippen LogP contribution is -2.25. The number of halogens is 3. The first-order valence-corrected chi connectivity index (χ1v) is 9.32. The van der Waals surface area contributed by atoms with Crippen molar-refractivity contribution in [2.75, 3.05) is 13.2 Å². The zero-order chi connectivity index (χ0) is 20.0. The minimum absolute atomic E-state index is 0.0986. The van der Waals surface area contributed by atoms with E-state index in [0.717, 1.165) is 15.9 Å². The molecule has 1 amide bonds. The topological polar surface area (TPSA) is 65.4 Å². The van der Waals surface area contributed by atoms with Crippen LogP contribution in [0.5, 0.6) is 11.5 Å². The number of aryl methyl sites for hydroxylation is 2. The van der Waals surface area contributed by atoms with Crippen molar-refractivity contribution < 1.29 is 23.0 Å². The Kier molecular flexibility index (Phi) is 7.58. The van der Waals surface area contributed by atoms with Gasteiger partial charge >= 0.3 is 6.61 Å². The summed E-state index contributed by atoms with van der Waals surface area (Å²) < 4.78 is 37.4. The van der Waals surface area contributed by atoms with Crippen molar-refractivity contribution in [2.45, 2.75) is 40.3 Å². The van der Waals surface area contributed by atoms with Gasteiger partial charge < -0.3 is 14.8 Å². The summed E-state index contributed by atoms with van der Waals surface area (Å²) in [6, 6.07) is 4.13. The second-order valence-electron chi connectivity index (χ2n) is 5.79. The van der Waals surface area contributed by atoms with Crippen molar-refractivity contribution in [3.63, 3.8) is 0 Å². The summed E-state index contributed by atoms with van der Waals surface area (Å²) >= 11 is 3.48. The van der Waals surface area contributed by atoms with Crippen LogP contribution in [-0.2, 0) is 6.54 Å². The van der Waals surface area contributed by atoms with Crippen molar-refractivity contribution >= 4 is 21.8 Å². The Hall–Kier alpha value is -2.16. The Morgan fingerprint density at radius 1 is 1.33 bits per heavy atom. The summed E-state index contributed by atoms with van der Waals surface area (Å²) in [5.41, 5.74) is 2.27. The number of rotatable bonds is 9. The molecule has 9 heteroatoms. The minimum Gasteiger partial charge on any atom is -0.490 e. The van der Waals surface area contributed by atoms with E-state index >= 15 is 0 Å². The second-order valence-corrected chi connectivity index (χ2v) is 6.58. The first kappa shape index (κ1) is 21.1. The number of hydrogen-bond donors (Lipinski definition) is 1. The SMILES string of the molecule is CCOc1cc(C(=O)NCCCn2nc(C)c(Br)c2C)ccc1OC(F)F. The van der Waals surface area contributed by atoms with E-state index < -0.39 is 6.61 Å². The van der Waals surface area contributed by atoms with Gasteiger partial charge in [0.15, 0.2) is 11.5 Å². The quantitative estimate of drug-likeness (QED) is 0.590. The third-order valence-electron chi connectivity index (χ3n) is 3.85. The van der Waals surface area contributed by atoms with Gasteiger partial charge in [-0.2, -0.15) is 13.9 Å². The molecule has 2 rings (SSSR count). The zero-order valence-electron chi connectivity index (χ0n) is 15.4. The number of carbonyl (C=O) groups excluding carboxylic acids is 1. The summed E-state index contributed by atoms with van der Waals surface area (Å²) in [5, 5.41) is 7.22. The van der Waals surface area contributed by atoms with Gasteiger partial charge in [0.25, 0.3) is 5.91 Å². The van der Waals surface area contributed by atoms with Crippen LogP contribution in [0.1, 0.15) is 35.1 Å². The van der Waals surface area contributed by atoms with E-state index in [2.05, 4.69) is 31.1 Å². The highest BCUT2D eigenvalue weighted by Gasteiger charge is 2.14. The van der Waals surface area contributed by atoms with Gasteiger partial charge in [0.05, 0.1) is 16.8 Å². The van der Waals surface area contributed by atoms with Crippen LogP contribution in [0.3, 0.4) is 0 Å². The maximum Gasteiger partial charge on any atom is 0.387 e. The third-order valence-corrected chi connectivity index (χ3v) is 4.99. The van der Waals surface area contributed by atoms with Gasteiger partial charge in [0.1, 0.15) is 0 Å². The molecule has 0 fully saturated rings. The molecule has 1 N–H and O–H groups in total. The molecule has 0 aliphatic rings. The molecule has 0 unspecified atom stereocenters. The first-order valence-electron chi connectivity index (χ1n) is 8.52. The van der Waals surface area contributed by atoms with Gasteiger partial charge in [0, 0.05) is 24.3 Å². The van der Waals surface area contributed by atoms with Crippen LogP contribution in [0.25, 0.3) is 0 Å². The predicted molar refractivity (Wildman–Crippen MR) is 101 cm³/mol. The van der Waals surface area contributed by atoms with E-state index in [0.29, 0.717) is 25.1 Å². The first-order chi connectivity index (χ1) is 12.8. The van der Waals surface area contributed by atoms with Crippen molar-refractivity contribution in [2.24, 2.45) is 0 Å². The fourth-order valence-corrected chi connectivity index (χ4v) is 2.82. The second kappa shape index (κ2) is 9.68. The molecule has 0 atom stereocenters. The normalized spacial score (nSPS) is 10.9. The van der Waals surface area contributed by atoms with Crippen LogP contribution in [0, 0.1) is 13.8 Å². The molecule has 148 valence electrons. The molecule has 0 aliphatic heterocycles. The van der Waals surface area contributed by atoms with E-state index in [1.165, 1.54) is 18.2 Å². The number of hydrogen-bond acceptors (Lipinski definition) is 4. The summed E-state index contributed by atoms with van der Waals surface area (Å²) in [4.78, 5) is 12.3. The van der Waals surface area contributed by atoms with Crippen LogP contribution >= 0.6 is 15.9 Å². The molecular weight excluding hydrogens is 424 g/mol. The fraction of sp³-hybridized carbons (Fsp3) is 0.444. The van der Waals surface area contributed by atoms with E-state index in [4.69, 9.17) is 4.74 Å². The maximum atomic E-state index is 12.4. The molecule has 0 saturated heterocycles.